The van der Waals surface area contributed by atoms with Crippen molar-refractivity contribution in [2.75, 3.05) is 6.61 Å². The predicted octanol–water partition coefficient (Wildman–Crippen LogP) is 0.733. The first-order chi connectivity index (χ1) is 7.24. The molecule has 15 heavy (non-hydrogen) atoms. The van der Waals surface area contributed by atoms with Gasteiger partial charge in [-0.3, -0.25) is 4.79 Å². The van der Waals surface area contributed by atoms with Crippen LogP contribution in [0.15, 0.2) is 30.3 Å². The van der Waals surface area contributed by atoms with Gasteiger partial charge in [-0.15, -0.1) is 6.42 Å². The van der Waals surface area contributed by atoms with Gasteiger partial charge in [-0.05, 0) is 12.0 Å². The molecule has 0 heterocycles. The maximum absolute atomic E-state index is 11.3. The Balaban J connectivity index is 2.46. The van der Waals surface area contributed by atoms with E-state index in [1.807, 2.05) is 30.3 Å². The minimum Gasteiger partial charge on any atom is -0.451 e. The number of hydrogen-bond donors (Lipinski definition) is 1. The molecule has 0 saturated heterocycles. The molecular weight excluding hydrogens is 190 g/mol. The number of benzene rings is 1. The van der Waals surface area contributed by atoms with Crippen LogP contribution in [0.4, 0.5) is 0 Å². The zero-order valence-electron chi connectivity index (χ0n) is 8.35. The van der Waals surface area contributed by atoms with Gasteiger partial charge < -0.3 is 10.5 Å². The van der Waals surface area contributed by atoms with E-state index in [4.69, 9.17) is 16.9 Å². The first kappa shape index (κ1) is 11.3. The molecule has 1 unspecified atom stereocenters. The summed E-state index contributed by atoms with van der Waals surface area (Å²) in [4.78, 5) is 11.3. The molecular formula is C12H13NO2. The fourth-order valence-corrected chi connectivity index (χ4v) is 1.17. The average molecular weight is 203 g/mol. The fraction of sp³-hybridized carbons (Fsp3) is 0.250. The van der Waals surface area contributed by atoms with Crippen molar-refractivity contribution >= 4 is 5.97 Å². The van der Waals surface area contributed by atoms with Crippen LogP contribution in [-0.4, -0.2) is 18.6 Å². The van der Waals surface area contributed by atoms with Crippen molar-refractivity contribution in [1.82, 2.24) is 0 Å². The summed E-state index contributed by atoms with van der Waals surface area (Å²) in [6.07, 6.45) is 5.42. The monoisotopic (exact) mass is 203 g/mol. The Labute approximate surface area is 89.2 Å². The Morgan fingerprint density at radius 3 is 2.73 bits per heavy atom. The number of nitrogens with two attached hydrogens (primary N) is 1. The van der Waals surface area contributed by atoms with Crippen molar-refractivity contribution in [2.45, 2.75) is 12.5 Å². The van der Waals surface area contributed by atoms with Gasteiger partial charge in [0.2, 0.25) is 0 Å². The molecule has 0 saturated carbocycles. The standard InChI is InChI=1S/C12H13NO2/c1-2-8-15-12(14)11(13)9-10-6-4-3-5-7-10/h1,3-7,11H,8-9,13H2. The number of hydrogen-bond acceptors (Lipinski definition) is 3. The third-order valence-electron chi connectivity index (χ3n) is 1.90. The third-order valence-corrected chi connectivity index (χ3v) is 1.90. The molecule has 3 nitrogen and oxygen atoms in total. The smallest absolute Gasteiger partial charge is 0.324 e. The number of carbonyl (C=O) groups excluding carboxylic acids is 1. The zero-order valence-corrected chi connectivity index (χ0v) is 8.35. The lowest BCUT2D eigenvalue weighted by molar-refractivity contribution is -0.143. The maximum atomic E-state index is 11.3. The molecule has 0 aliphatic rings. The van der Waals surface area contributed by atoms with Crippen LogP contribution in [0.5, 0.6) is 0 Å². The summed E-state index contributed by atoms with van der Waals surface area (Å²) >= 11 is 0. The van der Waals surface area contributed by atoms with Crippen LogP contribution >= 0.6 is 0 Å². The van der Waals surface area contributed by atoms with E-state index in [-0.39, 0.29) is 6.61 Å². The topological polar surface area (TPSA) is 52.3 Å². The van der Waals surface area contributed by atoms with Gasteiger partial charge in [-0.1, -0.05) is 36.3 Å². The summed E-state index contributed by atoms with van der Waals surface area (Å²) in [7, 11) is 0. The van der Waals surface area contributed by atoms with Crippen LogP contribution in [0.3, 0.4) is 0 Å². The molecule has 78 valence electrons. The molecule has 0 amide bonds. The zero-order chi connectivity index (χ0) is 11.1. The van der Waals surface area contributed by atoms with E-state index in [1.165, 1.54) is 0 Å². The first-order valence-electron chi connectivity index (χ1n) is 4.63. The normalized spacial score (nSPS) is 11.5. The van der Waals surface area contributed by atoms with Gasteiger partial charge in [0.1, 0.15) is 6.04 Å². The minimum absolute atomic E-state index is 0.0265. The van der Waals surface area contributed by atoms with Crippen molar-refractivity contribution in [3.05, 3.63) is 35.9 Å². The van der Waals surface area contributed by atoms with Crippen molar-refractivity contribution in [2.24, 2.45) is 5.73 Å². The lowest BCUT2D eigenvalue weighted by Crippen LogP contribution is -2.34. The van der Waals surface area contributed by atoms with Crippen LogP contribution < -0.4 is 5.73 Å². The molecule has 1 atom stereocenters. The summed E-state index contributed by atoms with van der Waals surface area (Å²) in [5, 5.41) is 0. The Morgan fingerprint density at radius 2 is 2.13 bits per heavy atom. The highest BCUT2D eigenvalue weighted by atomic mass is 16.5. The SMILES string of the molecule is C#CCOC(=O)C(N)Cc1ccccc1. The molecule has 0 fully saturated rings. The number of rotatable bonds is 4. The highest BCUT2D eigenvalue weighted by Gasteiger charge is 2.14. The average Bonchev–Trinajstić information content (AvgIpc) is 2.27. The van der Waals surface area contributed by atoms with Crippen LogP contribution in [0.2, 0.25) is 0 Å². The van der Waals surface area contributed by atoms with Gasteiger partial charge >= 0.3 is 5.97 Å². The quantitative estimate of drug-likeness (QED) is 0.580. The highest BCUT2D eigenvalue weighted by Crippen LogP contribution is 2.02. The summed E-state index contributed by atoms with van der Waals surface area (Å²) < 4.78 is 4.73. The Hall–Kier alpha value is -1.79. The van der Waals surface area contributed by atoms with E-state index in [9.17, 15) is 4.79 Å². The lowest BCUT2D eigenvalue weighted by atomic mass is 10.1. The molecule has 1 rings (SSSR count). The third kappa shape index (κ3) is 3.84. The number of ether oxygens (including phenoxy) is 1. The van der Waals surface area contributed by atoms with Gasteiger partial charge in [-0.2, -0.15) is 0 Å². The summed E-state index contributed by atoms with van der Waals surface area (Å²) in [6, 6.07) is 8.87. The molecule has 0 aliphatic heterocycles. The van der Waals surface area contributed by atoms with E-state index < -0.39 is 12.0 Å². The van der Waals surface area contributed by atoms with Gasteiger partial charge in [-0.25, -0.2) is 0 Å². The minimum atomic E-state index is -0.652. The second-order valence-electron chi connectivity index (χ2n) is 3.11. The molecule has 3 heteroatoms. The Kier molecular flexibility index (Phi) is 4.39. The fourth-order valence-electron chi connectivity index (χ4n) is 1.17. The molecule has 1 aromatic carbocycles. The van der Waals surface area contributed by atoms with Crippen LogP contribution in [0.1, 0.15) is 5.56 Å². The van der Waals surface area contributed by atoms with E-state index in [0.29, 0.717) is 6.42 Å². The largest absolute Gasteiger partial charge is 0.451 e. The summed E-state index contributed by atoms with van der Waals surface area (Å²) in [5.74, 6) is 1.76. The van der Waals surface area contributed by atoms with Gasteiger partial charge in [0.05, 0.1) is 0 Å². The van der Waals surface area contributed by atoms with E-state index in [2.05, 4.69) is 5.92 Å². The number of esters is 1. The summed E-state index contributed by atoms with van der Waals surface area (Å²) in [6.45, 7) is -0.0265. The van der Waals surface area contributed by atoms with E-state index in [0.717, 1.165) is 5.56 Å². The van der Waals surface area contributed by atoms with Crippen LogP contribution in [0, 0.1) is 12.3 Å². The van der Waals surface area contributed by atoms with E-state index in [1.54, 1.807) is 0 Å². The van der Waals surface area contributed by atoms with Crippen LogP contribution in [-0.2, 0) is 16.0 Å². The van der Waals surface area contributed by atoms with E-state index >= 15 is 0 Å². The maximum Gasteiger partial charge on any atom is 0.324 e. The lowest BCUT2D eigenvalue weighted by Gasteiger charge is -2.09. The van der Waals surface area contributed by atoms with Crippen molar-refractivity contribution < 1.29 is 9.53 Å². The predicted molar refractivity (Wildman–Crippen MR) is 57.9 cm³/mol. The number of carbonyl (C=O) groups is 1. The van der Waals surface area contributed by atoms with Crippen molar-refractivity contribution in [1.29, 1.82) is 0 Å². The molecule has 0 bridgehead atoms. The molecule has 0 spiro atoms. The molecule has 0 aliphatic carbocycles. The second-order valence-corrected chi connectivity index (χ2v) is 3.11. The first-order valence-corrected chi connectivity index (χ1v) is 4.63. The van der Waals surface area contributed by atoms with Gasteiger partial charge in [0.15, 0.2) is 6.61 Å². The Bertz CT molecular complexity index is 354. The Morgan fingerprint density at radius 1 is 1.47 bits per heavy atom. The van der Waals surface area contributed by atoms with Crippen molar-refractivity contribution in [3.8, 4) is 12.3 Å². The summed E-state index contributed by atoms with van der Waals surface area (Å²) in [5.41, 5.74) is 6.65. The van der Waals surface area contributed by atoms with Crippen molar-refractivity contribution in [3.63, 3.8) is 0 Å². The van der Waals surface area contributed by atoms with Gasteiger partial charge in [0.25, 0.3) is 0 Å². The molecule has 1 aromatic rings. The number of terminal acetylenes is 1. The molecule has 0 radical (unpaired) electrons. The van der Waals surface area contributed by atoms with Gasteiger partial charge in [0, 0.05) is 0 Å². The van der Waals surface area contributed by atoms with Crippen LogP contribution in [0.25, 0.3) is 0 Å². The second kappa shape index (κ2) is 5.84. The molecule has 0 aromatic heterocycles. The highest BCUT2D eigenvalue weighted by molar-refractivity contribution is 5.76. The molecule has 2 N–H and O–H groups in total.